The van der Waals surface area contributed by atoms with Gasteiger partial charge in [-0.2, -0.15) is 10.1 Å². The monoisotopic (exact) mass is 240 g/mol. The van der Waals surface area contributed by atoms with Gasteiger partial charge in [-0.15, -0.1) is 24.0 Å². The summed E-state index contributed by atoms with van der Waals surface area (Å²) in [4.78, 5) is 5.73. The lowest BCUT2D eigenvalue weighted by Gasteiger charge is -2.03. The Morgan fingerprint density at radius 1 is 1.56 bits per heavy atom. The number of rotatable bonds is 1. The van der Waals surface area contributed by atoms with Crippen molar-refractivity contribution in [3.05, 3.63) is 6.33 Å². The van der Waals surface area contributed by atoms with E-state index in [1.807, 2.05) is 19.0 Å². The summed E-state index contributed by atoms with van der Waals surface area (Å²) >= 11 is 0. The van der Waals surface area contributed by atoms with Crippen molar-refractivity contribution >= 4 is 29.9 Å². The van der Waals surface area contributed by atoms with Crippen molar-refractivity contribution in [2.24, 2.45) is 0 Å². The number of nitrogens with zero attached hydrogens (tertiary/aromatic N) is 3. The molecule has 0 atom stereocenters. The summed E-state index contributed by atoms with van der Waals surface area (Å²) in [7, 11) is 3.81. The standard InChI is InChI=1S/C4H8N4.HI/c1-8(2)4-5-3-6-7-4;/h3H,1-2H3,(H,5,6,7);1H. The molecule has 0 fully saturated rings. The summed E-state index contributed by atoms with van der Waals surface area (Å²) in [5.41, 5.74) is 0. The Hall–Kier alpha value is -0.330. The minimum absolute atomic E-state index is 0. The quantitative estimate of drug-likeness (QED) is 0.726. The Morgan fingerprint density at radius 3 is 2.44 bits per heavy atom. The van der Waals surface area contributed by atoms with Crippen LogP contribution in [0.5, 0.6) is 0 Å². The van der Waals surface area contributed by atoms with Crippen LogP contribution in [0, 0.1) is 0 Å². The molecule has 0 saturated heterocycles. The Kier molecular flexibility index (Phi) is 3.52. The Bertz CT molecular complexity index is 148. The lowest BCUT2D eigenvalue weighted by molar-refractivity contribution is 0.998. The first-order chi connectivity index (χ1) is 3.80. The summed E-state index contributed by atoms with van der Waals surface area (Å²) < 4.78 is 0. The van der Waals surface area contributed by atoms with Crippen LogP contribution in [0.1, 0.15) is 0 Å². The van der Waals surface area contributed by atoms with Gasteiger partial charge in [0.05, 0.1) is 0 Å². The zero-order chi connectivity index (χ0) is 5.98. The molecule has 0 aliphatic rings. The van der Waals surface area contributed by atoms with E-state index < -0.39 is 0 Å². The average Bonchev–Trinajstić information content (AvgIpc) is 2.12. The maximum absolute atomic E-state index is 3.88. The molecule has 9 heavy (non-hydrogen) atoms. The average molecular weight is 240 g/mol. The van der Waals surface area contributed by atoms with Crippen molar-refractivity contribution in [2.45, 2.75) is 0 Å². The van der Waals surface area contributed by atoms with Crippen molar-refractivity contribution < 1.29 is 0 Å². The largest absolute Gasteiger partial charge is 0.347 e. The zero-order valence-corrected chi connectivity index (χ0v) is 7.66. The molecule has 52 valence electrons. The molecule has 1 aromatic heterocycles. The van der Waals surface area contributed by atoms with Gasteiger partial charge in [-0.05, 0) is 0 Å². The lowest BCUT2D eigenvalue weighted by Crippen LogP contribution is -2.09. The smallest absolute Gasteiger partial charge is 0.220 e. The van der Waals surface area contributed by atoms with Gasteiger partial charge >= 0.3 is 0 Å². The fraction of sp³-hybridized carbons (Fsp3) is 0.500. The van der Waals surface area contributed by atoms with Gasteiger partial charge in [0.25, 0.3) is 0 Å². The maximum atomic E-state index is 3.88. The second-order valence-electron chi connectivity index (χ2n) is 1.70. The van der Waals surface area contributed by atoms with Crippen LogP contribution >= 0.6 is 24.0 Å². The van der Waals surface area contributed by atoms with Gasteiger partial charge in [0.15, 0.2) is 0 Å². The van der Waals surface area contributed by atoms with E-state index >= 15 is 0 Å². The molecule has 0 aliphatic carbocycles. The highest BCUT2D eigenvalue weighted by Crippen LogP contribution is 1.94. The van der Waals surface area contributed by atoms with Gasteiger partial charge in [-0.3, -0.25) is 0 Å². The van der Waals surface area contributed by atoms with Crippen molar-refractivity contribution in [1.82, 2.24) is 15.2 Å². The highest BCUT2D eigenvalue weighted by molar-refractivity contribution is 14.0. The second-order valence-corrected chi connectivity index (χ2v) is 1.70. The number of halogens is 1. The van der Waals surface area contributed by atoms with Crippen LogP contribution < -0.4 is 4.90 Å². The number of H-pyrrole nitrogens is 1. The summed E-state index contributed by atoms with van der Waals surface area (Å²) in [5, 5.41) is 6.37. The van der Waals surface area contributed by atoms with Gasteiger partial charge in [0, 0.05) is 14.1 Å². The summed E-state index contributed by atoms with van der Waals surface area (Å²) in [6, 6.07) is 0. The molecule has 0 saturated carbocycles. The Balaban J connectivity index is 0.000000640. The number of nitrogens with one attached hydrogen (secondary N) is 1. The molecule has 1 heterocycles. The lowest BCUT2D eigenvalue weighted by atomic mass is 10.8. The van der Waals surface area contributed by atoms with Gasteiger partial charge in [0.2, 0.25) is 5.95 Å². The zero-order valence-electron chi connectivity index (χ0n) is 5.33. The molecular weight excluding hydrogens is 231 g/mol. The van der Waals surface area contributed by atoms with Crippen molar-refractivity contribution in [3.8, 4) is 0 Å². The van der Waals surface area contributed by atoms with Crippen LogP contribution in [0.4, 0.5) is 5.95 Å². The third kappa shape index (κ3) is 2.17. The molecule has 0 aromatic carbocycles. The number of aromatic nitrogens is 3. The molecule has 0 unspecified atom stereocenters. The summed E-state index contributed by atoms with van der Waals surface area (Å²) in [6.45, 7) is 0. The minimum Gasteiger partial charge on any atom is -0.347 e. The van der Waals surface area contributed by atoms with E-state index in [4.69, 9.17) is 0 Å². The number of aromatic amines is 1. The normalized spacial score (nSPS) is 8.22. The van der Waals surface area contributed by atoms with E-state index in [9.17, 15) is 0 Å². The SMILES string of the molecule is CN(C)c1ncn[nH]1.I. The molecule has 5 heteroatoms. The van der Waals surface area contributed by atoms with E-state index in [1.165, 1.54) is 6.33 Å². The second kappa shape index (κ2) is 3.65. The fourth-order valence-electron chi connectivity index (χ4n) is 0.414. The molecule has 0 radical (unpaired) electrons. The highest BCUT2D eigenvalue weighted by Gasteiger charge is 1.92. The molecular formula is C4H9IN4. The fourth-order valence-corrected chi connectivity index (χ4v) is 0.414. The van der Waals surface area contributed by atoms with Crippen molar-refractivity contribution in [1.29, 1.82) is 0 Å². The van der Waals surface area contributed by atoms with Gasteiger partial charge in [0.1, 0.15) is 6.33 Å². The maximum Gasteiger partial charge on any atom is 0.220 e. The molecule has 0 bridgehead atoms. The van der Waals surface area contributed by atoms with Crippen LogP contribution in [0.3, 0.4) is 0 Å². The van der Waals surface area contributed by atoms with E-state index in [2.05, 4.69) is 15.2 Å². The van der Waals surface area contributed by atoms with Crippen molar-refractivity contribution in [3.63, 3.8) is 0 Å². The third-order valence-electron chi connectivity index (χ3n) is 0.826. The number of hydrogen-bond acceptors (Lipinski definition) is 3. The first-order valence-corrected chi connectivity index (χ1v) is 2.33. The third-order valence-corrected chi connectivity index (χ3v) is 0.826. The van der Waals surface area contributed by atoms with Crippen LogP contribution in [-0.4, -0.2) is 29.3 Å². The van der Waals surface area contributed by atoms with Gasteiger partial charge in [-0.25, -0.2) is 5.10 Å². The molecule has 1 rings (SSSR count). The Labute approximate surface area is 70.7 Å². The first kappa shape index (κ1) is 8.67. The Morgan fingerprint density at radius 2 is 2.22 bits per heavy atom. The summed E-state index contributed by atoms with van der Waals surface area (Å²) in [6.07, 6.45) is 1.48. The number of hydrogen-bond donors (Lipinski definition) is 1. The molecule has 4 nitrogen and oxygen atoms in total. The van der Waals surface area contributed by atoms with E-state index in [-0.39, 0.29) is 24.0 Å². The summed E-state index contributed by atoms with van der Waals surface area (Å²) in [5.74, 6) is 0.782. The van der Waals surface area contributed by atoms with E-state index in [1.54, 1.807) is 0 Å². The predicted molar refractivity (Wildman–Crippen MR) is 46.1 cm³/mol. The van der Waals surface area contributed by atoms with Crippen molar-refractivity contribution in [2.75, 3.05) is 19.0 Å². The van der Waals surface area contributed by atoms with Crippen LogP contribution in [0.25, 0.3) is 0 Å². The van der Waals surface area contributed by atoms with Crippen LogP contribution in [-0.2, 0) is 0 Å². The molecule has 1 N–H and O–H groups in total. The topological polar surface area (TPSA) is 44.8 Å². The highest BCUT2D eigenvalue weighted by atomic mass is 127. The number of anilines is 1. The molecule has 0 spiro atoms. The van der Waals surface area contributed by atoms with E-state index in [0.717, 1.165) is 5.95 Å². The van der Waals surface area contributed by atoms with Crippen LogP contribution in [0.2, 0.25) is 0 Å². The molecule has 1 aromatic rings. The van der Waals surface area contributed by atoms with Gasteiger partial charge in [-0.1, -0.05) is 0 Å². The van der Waals surface area contributed by atoms with Crippen LogP contribution in [0.15, 0.2) is 6.33 Å². The molecule has 0 amide bonds. The minimum atomic E-state index is 0. The van der Waals surface area contributed by atoms with Gasteiger partial charge < -0.3 is 4.90 Å². The first-order valence-electron chi connectivity index (χ1n) is 2.33. The predicted octanol–water partition coefficient (Wildman–Crippen LogP) is 0.489. The van der Waals surface area contributed by atoms with E-state index in [0.29, 0.717) is 0 Å². The molecule has 0 aliphatic heterocycles.